The standard InChI is InChI=1S/C13H21N5O/c1-4-10-16-11(14-2)8-12(17-10)18-7-5-6-9(18)13(19)15-3/h8-9H,4-7H2,1-3H3,(H,15,19)(H,14,16,17). The number of carbonyl (C=O) groups is 1. The van der Waals surface area contributed by atoms with Gasteiger partial charge in [0, 0.05) is 33.1 Å². The molecule has 0 aliphatic carbocycles. The number of hydrogen-bond acceptors (Lipinski definition) is 5. The van der Waals surface area contributed by atoms with E-state index in [1.807, 2.05) is 20.0 Å². The number of aromatic nitrogens is 2. The van der Waals surface area contributed by atoms with Crippen LogP contribution in [0.2, 0.25) is 0 Å². The van der Waals surface area contributed by atoms with Gasteiger partial charge in [-0.1, -0.05) is 6.92 Å². The van der Waals surface area contributed by atoms with Gasteiger partial charge < -0.3 is 15.5 Å². The van der Waals surface area contributed by atoms with Crippen molar-refractivity contribution in [1.82, 2.24) is 15.3 Å². The van der Waals surface area contributed by atoms with Gasteiger partial charge in [-0.2, -0.15) is 0 Å². The van der Waals surface area contributed by atoms with Crippen LogP contribution in [-0.4, -0.2) is 42.6 Å². The molecular formula is C13H21N5O. The Kier molecular flexibility index (Phi) is 4.19. The molecule has 1 amide bonds. The highest BCUT2D eigenvalue weighted by atomic mass is 16.2. The molecule has 1 aliphatic heterocycles. The molecule has 1 aromatic rings. The molecule has 2 heterocycles. The first-order valence-corrected chi connectivity index (χ1v) is 6.73. The van der Waals surface area contributed by atoms with Gasteiger partial charge in [-0.15, -0.1) is 0 Å². The van der Waals surface area contributed by atoms with Crippen molar-refractivity contribution in [3.05, 3.63) is 11.9 Å². The monoisotopic (exact) mass is 263 g/mol. The van der Waals surface area contributed by atoms with Crippen molar-refractivity contribution >= 4 is 17.5 Å². The summed E-state index contributed by atoms with van der Waals surface area (Å²) in [6.07, 6.45) is 2.67. The SMILES string of the molecule is CCc1nc(NC)cc(N2CCCC2C(=O)NC)n1. The minimum Gasteiger partial charge on any atom is -0.373 e. The molecular weight excluding hydrogens is 242 g/mol. The molecule has 0 saturated carbocycles. The van der Waals surface area contributed by atoms with E-state index in [2.05, 4.69) is 25.5 Å². The predicted octanol–water partition coefficient (Wildman–Crippen LogP) is 0.795. The third kappa shape index (κ3) is 2.77. The molecule has 19 heavy (non-hydrogen) atoms. The van der Waals surface area contributed by atoms with Crippen LogP contribution in [-0.2, 0) is 11.2 Å². The van der Waals surface area contributed by atoms with E-state index in [1.54, 1.807) is 7.05 Å². The molecule has 0 bridgehead atoms. The van der Waals surface area contributed by atoms with Gasteiger partial charge in [0.05, 0.1) is 0 Å². The summed E-state index contributed by atoms with van der Waals surface area (Å²) in [4.78, 5) is 22.9. The quantitative estimate of drug-likeness (QED) is 0.840. The Morgan fingerprint density at radius 1 is 1.47 bits per heavy atom. The second-order valence-electron chi connectivity index (χ2n) is 4.60. The van der Waals surface area contributed by atoms with E-state index in [-0.39, 0.29) is 11.9 Å². The van der Waals surface area contributed by atoms with E-state index < -0.39 is 0 Å². The van der Waals surface area contributed by atoms with Crippen LogP contribution in [0.3, 0.4) is 0 Å². The second kappa shape index (κ2) is 5.86. The molecule has 2 N–H and O–H groups in total. The fraction of sp³-hybridized carbons (Fsp3) is 0.615. The second-order valence-corrected chi connectivity index (χ2v) is 4.60. The van der Waals surface area contributed by atoms with Gasteiger partial charge in [0.15, 0.2) is 0 Å². The average molecular weight is 263 g/mol. The maximum atomic E-state index is 11.9. The third-order valence-corrected chi connectivity index (χ3v) is 3.43. The van der Waals surface area contributed by atoms with Gasteiger partial charge in [-0.3, -0.25) is 4.79 Å². The van der Waals surface area contributed by atoms with Gasteiger partial charge in [0.2, 0.25) is 5.91 Å². The summed E-state index contributed by atoms with van der Waals surface area (Å²) in [7, 11) is 3.51. The van der Waals surface area contributed by atoms with Crippen LogP contribution in [0.4, 0.5) is 11.6 Å². The molecule has 0 radical (unpaired) electrons. The molecule has 1 saturated heterocycles. The lowest BCUT2D eigenvalue weighted by Gasteiger charge is -2.25. The van der Waals surface area contributed by atoms with Gasteiger partial charge in [0.1, 0.15) is 23.5 Å². The lowest BCUT2D eigenvalue weighted by molar-refractivity contribution is -0.121. The molecule has 6 nitrogen and oxygen atoms in total. The molecule has 1 unspecified atom stereocenters. The minimum absolute atomic E-state index is 0.0557. The predicted molar refractivity (Wildman–Crippen MR) is 75.4 cm³/mol. The highest BCUT2D eigenvalue weighted by Gasteiger charge is 2.31. The van der Waals surface area contributed by atoms with Crippen molar-refractivity contribution in [3.8, 4) is 0 Å². The summed E-state index contributed by atoms with van der Waals surface area (Å²) < 4.78 is 0. The maximum Gasteiger partial charge on any atom is 0.242 e. The van der Waals surface area contributed by atoms with Crippen LogP contribution >= 0.6 is 0 Å². The number of anilines is 2. The van der Waals surface area contributed by atoms with Crippen LogP contribution in [0, 0.1) is 0 Å². The molecule has 1 aliphatic rings. The number of carbonyl (C=O) groups excluding carboxylic acids is 1. The first kappa shape index (κ1) is 13.6. The van der Waals surface area contributed by atoms with E-state index in [0.717, 1.165) is 43.3 Å². The van der Waals surface area contributed by atoms with Gasteiger partial charge in [0.25, 0.3) is 0 Å². The van der Waals surface area contributed by atoms with E-state index in [0.29, 0.717) is 0 Å². The summed E-state index contributed by atoms with van der Waals surface area (Å²) in [6.45, 7) is 2.89. The van der Waals surface area contributed by atoms with Crippen LogP contribution in [0.25, 0.3) is 0 Å². The summed E-state index contributed by atoms with van der Waals surface area (Å²) in [6, 6.07) is 1.79. The van der Waals surface area contributed by atoms with E-state index in [4.69, 9.17) is 0 Å². The first-order chi connectivity index (χ1) is 9.19. The van der Waals surface area contributed by atoms with Crippen LogP contribution in [0.15, 0.2) is 6.07 Å². The minimum atomic E-state index is -0.116. The lowest BCUT2D eigenvalue weighted by Crippen LogP contribution is -2.42. The van der Waals surface area contributed by atoms with Crippen molar-refractivity contribution in [2.75, 3.05) is 30.9 Å². The summed E-state index contributed by atoms with van der Waals surface area (Å²) >= 11 is 0. The van der Waals surface area contributed by atoms with Crippen molar-refractivity contribution in [2.24, 2.45) is 0 Å². The molecule has 0 spiro atoms. The highest BCUT2D eigenvalue weighted by Crippen LogP contribution is 2.25. The summed E-state index contributed by atoms with van der Waals surface area (Å²) in [5, 5.41) is 5.77. The molecule has 104 valence electrons. The number of hydrogen-bond donors (Lipinski definition) is 2. The number of likely N-dealkylation sites (N-methyl/N-ethyl adjacent to an activating group) is 1. The Bertz CT molecular complexity index is 440. The molecule has 1 fully saturated rings. The molecule has 6 heteroatoms. The Morgan fingerprint density at radius 2 is 2.26 bits per heavy atom. The lowest BCUT2D eigenvalue weighted by atomic mass is 10.2. The largest absolute Gasteiger partial charge is 0.373 e. The van der Waals surface area contributed by atoms with Crippen molar-refractivity contribution in [1.29, 1.82) is 0 Å². The van der Waals surface area contributed by atoms with Crippen molar-refractivity contribution in [3.63, 3.8) is 0 Å². The third-order valence-electron chi connectivity index (χ3n) is 3.43. The zero-order chi connectivity index (χ0) is 13.8. The Labute approximate surface area is 113 Å². The van der Waals surface area contributed by atoms with E-state index in [9.17, 15) is 4.79 Å². The fourth-order valence-corrected chi connectivity index (χ4v) is 2.40. The van der Waals surface area contributed by atoms with Gasteiger partial charge in [-0.05, 0) is 12.8 Å². The molecule has 2 rings (SSSR count). The summed E-state index contributed by atoms with van der Waals surface area (Å²) in [5.41, 5.74) is 0. The topological polar surface area (TPSA) is 70.2 Å². The van der Waals surface area contributed by atoms with Crippen LogP contribution in [0.5, 0.6) is 0 Å². The van der Waals surface area contributed by atoms with E-state index in [1.165, 1.54) is 0 Å². The normalized spacial score (nSPS) is 18.5. The van der Waals surface area contributed by atoms with Crippen molar-refractivity contribution < 1.29 is 4.79 Å². The van der Waals surface area contributed by atoms with Gasteiger partial charge >= 0.3 is 0 Å². The molecule has 1 aromatic heterocycles. The number of aryl methyl sites for hydroxylation is 1. The number of nitrogens with zero attached hydrogens (tertiary/aromatic N) is 3. The Balaban J connectivity index is 2.31. The van der Waals surface area contributed by atoms with Crippen molar-refractivity contribution in [2.45, 2.75) is 32.2 Å². The fourth-order valence-electron chi connectivity index (χ4n) is 2.40. The van der Waals surface area contributed by atoms with Crippen LogP contribution < -0.4 is 15.5 Å². The Hall–Kier alpha value is -1.85. The number of nitrogens with one attached hydrogen (secondary N) is 2. The smallest absolute Gasteiger partial charge is 0.242 e. The molecule has 0 aromatic carbocycles. The molecule has 1 atom stereocenters. The number of amides is 1. The summed E-state index contributed by atoms with van der Waals surface area (Å²) in [5.74, 6) is 2.48. The van der Waals surface area contributed by atoms with E-state index >= 15 is 0 Å². The Morgan fingerprint density at radius 3 is 2.89 bits per heavy atom. The maximum absolute atomic E-state index is 11.9. The van der Waals surface area contributed by atoms with Crippen LogP contribution in [0.1, 0.15) is 25.6 Å². The average Bonchev–Trinajstić information content (AvgIpc) is 2.95. The highest BCUT2D eigenvalue weighted by molar-refractivity contribution is 5.85. The zero-order valence-corrected chi connectivity index (χ0v) is 11.7. The first-order valence-electron chi connectivity index (χ1n) is 6.73. The zero-order valence-electron chi connectivity index (χ0n) is 11.7. The van der Waals surface area contributed by atoms with Gasteiger partial charge in [-0.25, -0.2) is 9.97 Å². The number of rotatable bonds is 4.